The molecule has 1 aromatic rings. The molecule has 0 radical (unpaired) electrons. The Hall–Kier alpha value is -1.88. The van der Waals surface area contributed by atoms with Crippen LogP contribution in [0.5, 0.6) is 0 Å². The molecule has 0 fully saturated rings. The van der Waals surface area contributed by atoms with Crippen molar-refractivity contribution in [2.24, 2.45) is 11.7 Å². The number of hydrogen-bond donors (Lipinski definition) is 2. The Balaban J connectivity index is 2.36. The standard InChI is InChI=1S/C13H17NO4/c1-9(12(14)13(16)17)7-11(15)18-8-10-5-3-2-4-6-10/h2-6,9,12H,7-8,14H2,1H3,(H,16,17)/t9?,12-/m0/s1. The van der Waals surface area contributed by atoms with Gasteiger partial charge in [-0.2, -0.15) is 0 Å². The Morgan fingerprint density at radius 1 is 1.33 bits per heavy atom. The van der Waals surface area contributed by atoms with E-state index in [1.807, 2.05) is 30.3 Å². The number of nitrogens with two attached hydrogens (primary N) is 1. The van der Waals surface area contributed by atoms with E-state index < -0.39 is 23.9 Å². The summed E-state index contributed by atoms with van der Waals surface area (Å²) in [5.74, 6) is -2.01. The lowest BCUT2D eigenvalue weighted by Gasteiger charge is -2.14. The van der Waals surface area contributed by atoms with Crippen LogP contribution in [0, 0.1) is 5.92 Å². The van der Waals surface area contributed by atoms with Gasteiger partial charge < -0.3 is 15.6 Å². The van der Waals surface area contributed by atoms with Crippen molar-refractivity contribution in [2.45, 2.75) is 26.0 Å². The van der Waals surface area contributed by atoms with E-state index in [2.05, 4.69) is 0 Å². The Morgan fingerprint density at radius 3 is 2.50 bits per heavy atom. The molecule has 5 heteroatoms. The van der Waals surface area contributed by atoms with Crippen molar-refractivity contribution in [1.82, 2.24) is 0 Å². The van der Waals surface area contributed by atoms with Crippen LogP contribution >= 0.6 is 0 Å². The van der Waals surface area contributed by atoms with E-state index in [1.165, 1.54) is 0 Å². The Labute approximate surface area is 106 Å². The number of ether oxygens (including phenoxy) is 1. The highest BCUT2D eigenvalue weighted by molar-refractivity contribution is 5.76. The first kappa shape index (κ1) is 14.2. The van der Waals surface area contributed by atoms with Crippen molar-refractivity contribution in [3.8, 4) is 0 Å². The van der Waals surface area contributed by atoms with Gasteiger partial charge in [0.1, 0.15) is 12.6 Å². The molecule has 0 aromatic heterocycles. The number of carbonyl (C=O) groups is 2. The molecule has 98 valence electrons. The Bertz CT molecular complexity index is 405. The average Bonchev–Trinajstić information content (AvgIpc) is 2.36. The summed E-state index contributed by atoms with van der Waals surface area (Å²) in [5, 5.41) is 8.70. The molecule has 1 aromatic carbocycles. The molecule has 0 saturated carbocycles. The second-order valence-electron chi connectivity index (χ2n) is 4.19. The number of hydrogen-bond acceptors (Lipinski definition) is 4. The van der Waals surface area contributed by atoms with Crippen LogP contribution < -0.4 is 5.73 Å². The van der Waals surface area contributed by atoms with Gasteiger partial charge in [-0.25, -0.2) is 0 Å². The van der Waals surface area contributed by atoms with E-state index >= 15 is 0 Å². The second-order valence-corrected chi connectivity index (χ2v) is 4.19. The fourth-order valence-corrected chi connectivity index (χ4v) is 1.43. The van der Waals surface area contributed by atoms with Crippen molar-refractivity contribution in [1.29, 1.82) is 0 Å². The summed E-state index contributed by atoms with van der Waals surface area (Å²) >= 11 is 0. The molecule has 1 rings (SSSR count). The van der Waals surface area contributed by atoms with Gasteiger partial charge in [0.05, 0.1) is 6.42 Å². The van der Waals surface area contributed by atoms with Crippen molar-refractivity contribution in [3.63, 3.8) is 0 Å². The topological polar surface area (TPSA) is 89.6 Å². The van der Waals surface area contributed by atoms with Crippen LogP contribution in [0.2, 0.25) is 0 Å². The van der Waals surface area contributed by atoms with Crippen LogP contribution in [0.15, 0.2) is 30.3 Å². The van der Waals surface area contributed by atoms with E-state index in [-0.39, 0.29) is 13.0 Å². The van der Waals surface area contributed by atoms with Crippen molar-refractivity contribution in [3.05, 3.63) is 35.9 Å². The number of aliphatic carboxylic acids is 1. The van der Waals surface area contributed by atoms with Crippen LogP contribution in [0.25, 0.3) is 0 Å². The summed E-state index contributed by atoms with van der Waals surface area (Å²) in [6, 6.07) is 8.23. The summed E-state index contributed by atoms with van der Waals surface area (Å²) in [7, 11) is 0. The maximum absolute atomic E-state index is 11.5. The summed E-state index contributed by atoms with van der Waals surface area (Å²) < 4.78 is 5.04. The lowest BCUT2D eigenvalue weighted by atomic mass is 9.99. The third-order valence-electron chi connectivity index (χ3n) is 2.63. The molecule has 3 N–H and O–H groups in total. The summed E-state index contributed by atoms with van der Waals surface area (Å²) in [4.78, 5) is 22.1. The van der Waals surface area contributed by atoms with Crippen molar-refractivity contribution in [2.75, 3.05) is 0 Å². The minimum Gasteiger partial charge on any atom is -0.480 e. The van der Waals surface area contributed by atoms with Crippen LogP contribution in [0.4, 0.5) is 0 Å². The molecular weight excluding hydrogens is 234 g/mol. The van der Waals surface area contributed by atoms with E-state index in [9.17, 15) is 9.59 Å². The van der Waals surface area contributed by atoms with Gasteiger partial charge in [0, 0.05) is 0 Å². The molecule has 0 aliphatic carbocycles. The molecule has 1 unspecified atom stereocenters. The summed E-state index contributed by atoms with van der Waals surface area (Å²) in [6.45, 7) is 1.80. The Kier molecular flexibility index (Phi) is 5.32. The molecule has 18 heavy (non-hydrogen) atoms. The van der Waals surface area contributed by atoms with Crippen LogP contribution in [-0.2, 0) is 20.9 Å². The van der Waals surface area contributed by atoms with Gasteiger partial charge in [-0.15, -0.1) is 0 Å². The third kappa shape index (κ3) is 4.55. The van der Waals surface area contributed by atoms with Gasteiger partial charge in [0.2, 0.25) is 0 Å². The third-order valence-corrected chi connectivity index (χ3v) is 2.63. The van der Waals surface area contributed by atoms with E-state index in [0.717, 1.165) is 5.56 Å². The fraction of sp³-hybridized carbons (Fsp3) is 0.385. The smallest absolute Gasteiger partial charge is 0.320 e. The molecule has 0 saturated heterocycles. The second kappa shape index (κ2) is 6.76. The monoisotopic (exact) mass is 251 g/mol. The number of esters is 1. The lowest BCUT2D eigenvalue weighted by molar-refractivity contribution is -0.147. The van der Waals surface area contributed by atoms with Gasteiger partial charge >= 0.3 is 11.9 Å². The van der Waals surface area contributed by atoms with Gasteiger partial charge in [-0.3, -0.25) is 9.59 Å². The normalized spacial score (nSPS) is 13.7. The van der Waals surface area contributed by atoms with Crippen LogP contribution in [-0.4, -0.2) is 23.1 Å². The largest absolute Gasteiger partial charge is 0.480 e. The number of carbonyl (C=O) groups excluding carboxylic acids is 1. The minimum absolute atomic E-state index is 0.000298. The Morgan fingerprint density at radius 2 is 1.94 bits per heavy atom. The lowest BCUT2D eigenvalue weighted by Crippen LogP contribution is -2.37. The van der Waals surface area contributed by atoms with Gasteiger partial charge in [0.25, 0.3) is 0 Å². The molecule has 0 amide bonds. The van der Waals surface area contributed by atoms with Gasteiger partial charge in [-0.05, 0) is 11.5 Å². The van der Waals surface area contributed by atoms with E-state index in [1.54, 1.807) is 6.92 Å². The molecule has 5 nitrogen and oxygen atoms in total. The molecule has 0 aliphatic rings. The van der Waals surface area contributed by atoms with Crippen LogP contribution in [0.3, 0.4) is 0 Å². The van der Waals surface area contributed by atoms with Crippen LogP contribution in [0.1, 0.15) is 18.9 Å². The number of rotatable bonds is 6. The predicted octanol–water partition coefficient (Wildman–Crippen LogP) is 1.17. The highest BCUT2D eigenvalue weighted by Gasteiger charge is 2.22. The zero-order valence-electron chi connectivity index (χ0n) is 10.2. The van der Waals surface area contributed by atoms with Crippen molar-refractivity contribution >= 4 is 11.9 Å². The summed E-state index contributed by atoms with van der Waals surface area (Å²) in [6.07, 6.45) is 0.000298. The SMILES string of the molecule is CC(CC(=O)OCc1ccccc1)[C@H](N)C(=O)O. The maximum atomic E-state index is 11.5. The fourth-order valence-electron chi connectivity index (χ4n) is 1.43. The summed E-state index contributed by atoms with van der Waals surface area (Å²) in [5.41, 5.74) is 6.30. The molecule has 2 atom stereocenters. The predicted molar refractivity (Wildman–Crippen MR) is 65.6 cm³/mol. The first-order chi connectivity index (χ1) is 8.50. The number of benzene rings is 1. The van der Waals surface area contributed by atoms with Gasteiger partial charge in [-0.1, -0.05) is 37.3 Å². The molecule has 0 bridgehead atoms. The first-order valence-corrected chi connectivity index (χ1v) is 5.68. The highest BCUT2D eigenvalue weighted by atomic mass is 16.5. The molecule has 0 aliphatic heterocycles. The van der Waals surface area contributed by atoms with E-state index in [4.69, 9.17) is 15.6 Å². The zero-order chi connectivity index (χ0) is 13.5. The highest BCUT2D eigenvalue weighted by Crippen LogP contribution is 2.09. The zero-order valence-corrected chi connectivity index (χ0v) is 10.2. The molecular formula is C13H17NO4. The van der Waals surface area contributed by atoms with Gasteiger partial charge in [0.15, 0.2) is 0 Å². The molecule has 0 heterocycles. The average molecular weight is 251 g/mol. The maximum Gasteiger partial charge on any atom is 0.320 e. The quantitative estimate of drug-likeness (QED) is 0.741. The number of carboxylic acid groups (broad SMARTS) is 1. The van der Waals surface area contributed by atoms with E-state index in [0.29, 0.717) is 0 Å². The first-order valence-electron chi connectivity index (χ1n) is 5.68. The number of carboxylic acids is 1. The van der Waals surface area contributed by atoms with Crippen molar-refractivity contribution < 1.29 is 19.4 Å². The molecule has 0 spiro atoms. The minimum atomic E-state index is -1.11.